The molecule has 5 aromatic carbocycles. The van der Waals surface area contributed by atoms with Crippen LogP contribution in [-0.2, 0) is 12.8 Å². The molecule has 1 unspecified atom stereocenters. The number of carbonyl (C=O) groups is 1. The minimum absolute atomic E-state index is 0.292. The van der Waals surface area contributed by atoms with Crippen LogP contribution in [0.15, 0.2) is 103 Å². The van der Waals surface area contributed by atoms with E-state index in [-0.39, 0.29) is 0 Å². The van der Waals surface area contributed by atoms with Crippen molar-refractivity contribution in [3.8, 4) is 33.6 Å². The third-order valence-electron chi connectivity index (χ3n) is 11.2. The predicted molar refractivity (Wildman–Crippen MR) is 203 cm³/mol. The monoisotopic (exact) mass is 658 g/mol. The van der Waals surface area contributed by atoms with Crippen LogP contribution in [0.25, 0.3) is 44.7 Å². The van der Waals surface area contributed by atoms with Crippen molar-refractivity contribution in [2.45, 2.75) is 69.9 Å². The topological polar surface area (TPSA) is 79.2 Å². The molecule has 1 aromatic heterocycles. The number of carboxylic acids is 1. The number of imidazole rings is 1. The molecule has 250 valence electrons. The maximum absolute atomic E-state index is 13.4. The second kappa shape index (κ2) is 12.8. The minimum atomic E-state index is -0.932. The lowest BCUT2D eigenvalue weighted by molar-refractivity contribution is 0.0698. The zero-order valence-corrected chi connectivity index (χ0v) is 28.3. The summed E-state index contributed by atoms with van der Waals surface area (Å²) in [4.78, 5) is 18.9. The molecule has 2 aliphatic heterocycles. The maximum atomic E-state index is 13.4. The van der Waals surface area contributed by atoms with E-state index in [1.165, 1.54) is 41.6 Å². The van der Waals surface area contributed by atoms with Crippen molar-refractivity contribution in [3.63, 3.8) is 0 Å². The molecule has 0 spiro atoms. The molecule has 0 saturated heterocycles. The van der Waals surface area contributed by atoms with E-state index >= 15 is 0 Å². The summed E-state index contributed by atoms with van der Waals surface area (Å²) in [6.07, 6.45) is 9.82. The van der Waals surface area contributed by atoms with Crippen molar-refractivity contribution < 1.29 is 9.90 Å². The summed E-state index contributed by atoms with van der Waals surface area (Å²) < 4.78 is 2.47. The summed E-state index contributed by atoms with van der Waals surface area (Å²) in [5.74, 6) is 0.000463. The van der Waals surface area contributed by atoms with Crippen LogP contribution in [-0.4, -0.2) is 27.2 Å². The summed E-state index contributed by atoms with van der Waals surface area (Å²) >= 11 is 0. The summed E-state index contributed by atoms with van der Waals surface area (Å²) in [5, 5.41) is 18.3. The van der Waals surface area contributed by atoms with Crippen molar-refractivity contribution in [3.05, 3.63) is 125 Å². The fourth-order valence-corrected chi connectivity index (χ4v) is 8.70. The number of aromatic nitrogens is 2. The predicted octanol–water partition coefficient (Wildman–Crippen LogP) is 10.7. The zero-order chi connectivity index (χ0) is 33.6. The Morgan fingerprint density at radius 2 is 1.44 bits per heavy atom. The molecule has 3 heterocycles. The van der Waals surface area contributed by atoms with E-state index in [4.69, 9.17) is 4.98 Å². The SMILES string of the molecule is O=C(O)c1c(-c2ccccc2)cc2c(nc(-c3ccc4c(c3)CCC(c3ccccc3)N4)n2C2CCCCC2)c1-c1ccc2c(c1)CCCN2. The third-order valence-corrected chi connectivity index (χ3v) is 11.2. The van der Waals surface area contributed by atoms with Gasteiger partial charge in [0.2, 0.25) is 0 Å². The standard InChI is InChI=1S/C44H42N4O2/c49-44(50)41-35(28-11-4-1-5-12-28)27-39-42(40(41)32-19-21-36-30(25-32)15-10-24-45-36)47-43(48(39)34-16-8-3-9-17-34)33-20-23-38-31(26-33)18-22-37(46-38)29-13-6-2-7-14-29/h1-2,4-7,11-14,19-21,23,25-27,34,37,45-46H,3,8-10,15-18,22,24H2,(H,49,50). The number of hydrogen-bond acceptors (Lipinski definition) is 4. The number of rotatable bonds is 6. The number of nitrogens with zero attached hydrogens (tertiary/aromatic N) is 2. The summed E-state index contributed by atoms with van der Waals surface area (Å²) in [6, 6.07) is 36.6. The molecule has 0 radical (unpaired) electrons. The van der Waals surface area contributed by atoms with Gasteiger partial charge in [-0.15, -0.1) is 0 Å². The van der Waals surface area contributed by atoms with Crippen LogP contribution in [0.2, 0.25) is 0 Å². The van der Waals surface area contributed by atoms with Gasteiger partial charge in [-0.25, -0.2) is 9.78 Å². The van der Waals surface area contributed by atoms with Crippen LogP contribution < -0.4 is 10.6 Å². The summed E-state index contributed by atoms with van der Waals surface area (Å²) in [6.45, 7) is 0.957. The molecule has 6 aromatic rings. The highest BCUT2D eigenvalue weighted by molar-refractivity contribution is 6.12. The summed E-state index contributed by atoms with van der Waals surface area (Å²) in [5.41, 5.74) is 12.6. The highest BCUT2D eigenvalue weighted by Crippen LogP contribution is 2.45. The first-order chi connectivity index (χ1) is 24.6. The number of aromatic carboxylic acids is 1. The normalized spacial score (nSPS) is 17.4. The Hall–Kier alpha value is -5.36. The Balaban J connectivity index is 1.27. The van der Waals surface area contributed by atoms with Crippen molar-refractivity contribution in [2.75, 3.05) is 17.2 Å². The van der Waals surface area contributed by atoms with Crippen molar-refractivity contribution >= 4 is 28.4 Å². The Morgan fingerprint density at radius 1 is 0.720 bits per heavy atom. The quantitative estimate of drug-likeness (QED) is 0.166. The molecule has 1 fully saturated rings. The van der Waals surface area contributed by atoms with Gasteiger partial charge in [-0.2, -0.15) is 0 Å². The molecule has 3 N–H and O–H groups in total. The average molecular weight is 659 g/mol. The molecule has 0 bridgehead atoms. The van der Waals surface area contributed by atoms with Gasteiger partial charge in [0.05, 0.1) is 22.6 Å². The van der Waals surface area contributed by atoms with Crippen LogP contribution in [0.1, 0.15) is 84.1 Å². The van der Waals surface area contributed by atoms with Crippen LogP contribution in [0.5, 0.6) is 0 Å². The van der Waals surface area contributed by atoms with Crippen LogP contribution in [0.3, 0.4) is 0 Å². The maximum Gasteiger partial charge on any atom is 0.337 e. The minimum Gasteiger partial charge on any atom is -0.478 e. The van der Waals surface area contributed by atoms with Crippen molar-refractivity contribution in [1.29, 1.82) is 0 Å². The number of nitrogens with one attached hydrogen (secondary N) is 2. The number of carboxylic acid groups (broad SMARTS) is 1. The van der Waals surface area contributed by atoms with Crippen LogP contribution in [0.4, 0.5) is 11.4 Å². The highest BCUT2D eigenvalue weighted by atomic mass is 16.4. The van der Waals surface area contributed by atoms with E-state index in [9.17, 15) is 9.90 Å². The summed E-state index contributed by atoms with van der Waals surface area (Å²) in [7, 11) is 0. The molecule has 50 heavy (non-hydrogen) atoms. The second-order valence-corrected chi connectivity index (χ2v) is 14.2. The molecule has 6 heteroatoms. The Bertz CT molecular complexity index is 2220. The highest BCUT2D eigenvalue weighted by Gasteiger charge is 2.30. The lowest BCUT2D eigenvalue weighted by Crippen LogP contribution is -2.18. The van der Waals surface area contributed by atoms with Gasteiger partial charge >= 0.3 is 5.97 Å². The first-order valence-electron chi connectivity index (χ1n) is 18.3. The van der Waals surface area contributed by atoms with Gasteiger partial charge in [-0.3, -0.25) is 0 Å². The molecule has 9 rings (SSSR count). The first kappa shape index (κ1) is 30.7. The third kappa shape index (κ3) is 5.43. The van der Waals surface area contributed by atoms with E-state index in [2.05, 4.69) is 88.0 Å². The molecule has 3 aliphatic rings. The van der Waals surface area contributed by atoms with Gasteiger partial charge in [0.15, 0.2) is 0 Å². The number of aryl methyl sites for hydroxylation is 2. The molecule has 1 atom stereocenters. The Kier molecular flexibility index (Phi) is 7.87. The van der Waals surface area contributed by atoms with Gasteiger partial charge in [0, 0.05) is 35.1 Å². The smallest absolute Gasteiger partial charge is 0.337 e. The Morgan fingerprint density at radius 3 is 2.24 bits per heavy atom. The largest absolute Gasteiger partial charge is 0.478 e. The molecule has 1 saturated carbocycles. The molecule has 0 amide bonds. The average Bonchev–Trinajstić information content (AvgIpc) is 3.57. The van der Waals surface area contributed by atoms with Crippen LogP contribution in [0, 0.1) is 0 Å². The molecule has 1 aliphatic carbocycles. The van der Waals surface area contributed by atoms with Crippen LogP contribution >= 0.6 is 0 Å². The molecule has 6 nitrogen and oxygen atoms in total. The number of fused-ring (bicyclic) bond motifs is 3. The van der Waals surface area contributed by atoms with E-state index in [0.29, 0.717) is 23.2 Å². The van der Waals surface area contributed by atoms with E-state index in [1.807, 2.05) is 30.3 Å². The number of anilines is 2. The lowest BCUT2D eigenvalue weighted by Gasteiger charge is -2.29. The number of benzene rings is 5. The fraction of sp³-hybridized carbons (Fsp3) is 0.273. The van der Waals surface area contributed by atoms with Crippen molar-refractivity contribution in [2.24, 2.45) is 0 Å². The van der Waals surface area contributed by atoms with Gasteiger partial charge in [-0.1, -0.05) is 86.0 Å². The van der Waals surface area contributed by atoms with Gasteiger partial charge in [0.25, 0.3) is 0 Å². The van der Waals surface area contributed by atoms with E-state index in [0.717, 1.165) is 89.9 Å². The fourth-order valence-electron chi connectivity index (χ4n) is 8.70. The lowest BCUT2D eigenvalue weighted by atomic mass is 9.88. The van der Waals surface area contributed by atoms with Gasteiger partial charge in [0.1, 0.15) is 5.82 Å². The number of hydrogen-bond donors (Lipinski definition) is 3. The first-order valence-corrected chi connectivity index (χ1v) is 18.3. The van der Waals surface area contributed by atoms with Crippen molar-refractivity contribution in [1.82, 2.24) is 9.55 Å². The second-order valence-electron chi connectivity index (χ2n) is 14.2. The van der Waals surface area contributed by atoms with E-state index in [1.54, 1.807) is 0 Å². The van der Waals surface area contributed by atoms with Gasteiger partial charge < -0.3 is 20.3 Å². The van der Waals surface area contributed by atoms with Gasteiger partial charge in [-0.05, 0) is 108 Å². The zero-order valence-electron chi connectivity index (χ0n) is 28.3. The Labute approximate surface area is 293 Å². The van der Waals surface area contributed by atoms with E-state index < -0.39 is 5.97 Å². The molecular formula is C44H42N4O2. The molecular weight excluding hydrogens is 617 g/mol.